The van der Waals surface area contributed by atoms with Crippen LogP contribution in [0.1, 0.15) is 0 Å². The molecule has 0 bridgehead atoms. The molecule has 0 spiro atoms. The Balaban J connectivity index is 2.26. The first-order valence-electron chi connectivity index (χ1n) is 4.93. The van der Waals surface area contributed by atoms with E-state index in [0.29, 0.717) is 19.8 Å². The van der Waals surface area contributed by atoms with E-state index in [1.54, 1.807) is 12.4 Å². The van der Waals surface area contributed by atoms with Gasteiger partial charge in [-0.3, -0.25) is 9.78 Å². The predicted octanol–water partition coefficient (Wildman–Crippen LogP) is 0.535. The molecule has 1 amide bonds. The number of carbonyl (C=O) groups is 1. The number of aromatic nitrogens is 1. The average Bonchev–Trinajstić information content (AvgIpc) is 2.29. The minimum atomic E-state index is -0.412. The average molecular weight is 286 g/mol. The third-order valence-corrected chi connectivity index (χ3v) is 2.91. The van der Waals surface area contributed by atoms with Crippen LogP contribution in [0, 0.1) is 0 Å². The molecule has 1 aliphatic heterocycles. The molecule has 16 heavy (non-hydrogen) atoms. The maximum Gasteiger partial charge on any atom is 0.242 e. The Morgan fingerprint density at radius 1 is 1.62 bits per heavy atom. The molecular weight excluding hydrogens is 274 g/mol. The molecule has 5 nitrogen and oxygen atoms in total. The number of amides is 1. The van der Waals surface area contributed by atoms with Gasteiger partial charge in [-0.05, 0) is 22.0 Å². The Morgan fingerprint density at radius 2 is 2.44 bits per heavy atom. The van der Waals surface area contributed by atoms with Crippen molar-refractivity contribution in [2.24, 2.45) is 5.73 Å². The quantitative estimate of drug-likeness (QED) is 0.861. The van der Waals surface area contributed by atoms with Crippen molar-refractivity contribution in [1.29, 1.82) is 0 Å². The first-order valence-corrected chi connectivity index (χ1v) is 5.72. The van der Waals surface area contributed by atoms with E-state index in [1.807, 2.05) is 11.0 Å². The van der Waals surface area contributed by atoms with Gasteiger partial charge in [0.1, 0.15) is 6.04 Å². The van der Waals surface area contributed by atoms with E-state index in [1.165, 1.54) is 0 Å². The monoisotopic (exact) mass is 285 g/mol. The molecule has 0 radical (unpaired) electrons. The van der Waals surface area contributed by atoms with Crippen LogP contribution in [0.5, 0.6) is 0 Å². The number of carbonyl (C=O) groups excluding carboxylic acids is 1. The predicted molar refractivity (Wildman–Crippen MR) is 63.1 cm³/mol. The second-order valence-electron chi connectivity index (χ2n) is 3.55. The third kappa shape index (κ3) is 2.33. The largest absolute Gasteiger partial charge is 0.377 e. The van der Waals surface area contributed by atoms with E-state index in [0.717, 1.165) is 10.2 Å². The van der Waals surface area contributed by atoms with Crippen molar-refractivity contribution in [1.82, 2.24) is 4.98 Å². The van der Waals surface area contributed by atoms with Gasteiger partial charge in [0.2, 0.25) is 5.91 Å². The van der Waals surface area contributed by atoms with E-state index in [-0.39, 0.29) is 5.91 Å². The van der Waals surface area contributed by atoms with E-state index in [9.17, 15) is 4.79 Å². The zero-order valence-electron chi connectivity index (χ0n) is 8.60. The molecule has 1 atom stereocenters. The molecule has 0 saturated carbocycles. The van der Waals surface area contributed by atoms with Crippen LogP contribution in [0.3, 0.4) is 0 Å². The van der Waals surface area contributed by atoms with Gasteiger partial charge >= 0.3 is 0 Å². The normalized spacial score (nSPS) is 20.8. The number of nitrogens with two attached hydrogens (primary N) is 1. The van der Waals surface area contributed by atoms with Crippen molar-refractivity contribution in [2.45, 2.75) is 6.04 Å². The smallest absolute Gasteiger partial charge is 0.242 e. The molecule has 1 aromatic rings. The van der Waals surface area contributed by atoms with Gasteiger partial charge in [-0.15, -0.1) is 0 Å². The first kappa shape index (κ1) is 11.3. The van der Waals surface area contributed by atoms with Crippen LogP contribution < -0.4 is 10.6 Å². The molecule has 1 fully saturated rings. The molecule has 1 aliphatic rings. The highest BCUT2D eigenvalue weighted by Crippen LogP contribution is 2.22. The number of nitrogens with zero attached hydrogens (tertiary/aromatic N) is 2. The van der Waals surface area contributed by atoms with Gasteiger partial charge in [0.25, 0.3) is 0 Å². The number of morpholine rings is 1. The molecule has 2 N–H and O–H groups in total. The third-order valence-electron chi connectivity index (χ3n) is 2.48. The van der Waals surface area contributed by atoms with Crippen LogP contribution in [0.2, 0.25) is 0 Å². The second kappa shape index (κ2) is 4.80. The van der Waals surface area contributed by atoms with Crippen molar-refractivity contribution in [3.05, 3.63) is 22.9 Å². The van der Waals surface area contributed by atoms with Crippen molar-refractivity contribution in [3.63, 3.8) is 0 Å². The maximum absolute atomic E-state index is 11.3. The first-order chi connectivity index (χ1) is 7.68. The number of halogens is 1. The highest BCUT2D eigenvalue weighted by Gasteiger charge is 2.27. The molecule has 0 aromatic carbocycles. The summed E-state index contributed by atoms with van der Waals surface area (Å²) in [5.74, 6) is -0.375. The molecule has 0 aliphatic carbocycles. The van der Waals surface area contributed by atoms with Crippen LogP contribution in [0.25, 0.3) is 0 Å². The lowest BCUT2D eigenvalue weighted by molar-refractivity contribution is -0.121. The van der Waals surface area contributed by atoms with Crippen LogP contribution in [-0.2, 0) is 9.53 Å². The van der Waals surface area contributed by atoms with Crippen LogP contribution in [0.4, 0.5) is 5.69 Å². The Labute approximate surface area is 102 Å². The minimum Gasteiger partial charge on any atom is -0.377 e. The molecule has 1 saturated heterocycles. The molecule has 1 unspecified atom stereocenters. The molecule has 2 heterocycles. The fraction of sp³-hybridized carbons (Fsp3) is 0.400. The standard InChI is InChI=1S/C10H12BrN3O2/c11-7-3-8(5-13-4-7)14-1-2-16-6-9(14)10(12)15/h3-5,9H,1-2,6H2,(H2,12,15). The molecule has 2 rings (SSSR count). The Morgan fingerprint density at radius 3 is 3.12 bits per heavy atom. The fourth-order valence-electron chi connectivity index (χ4n) is 1.71. The van der Waals surface area contributed by atoms with Crippen molar-refractivity contribution < 1.29 is 9.53 Å². The summed E-state index contributed by atoms with van der Waals surface area (Å²) in [4.78, 5) is 17.3. The number of primary amides is 1. The Kier molecular flexibility index (Phi) is 3.40. The number of rotatable bonds is 2. The van der Waals surface area contributed by atoms with Crippen molar-refractivity contribution in [3.8, 4) is 0 Å². The highest BCUT2D eigenvalue weighted by molar-refractivity contribution is 9.10. The van der Waals surface area contributed by atoms with E-state index >= 15 is 0 Å². The van der Waals surface area contributed by atoms with Gasteiger partial charge in [0.05, 0.1) is 25.1 Å². The summed E-state index contributed by atoms with van der Waals surface area (Å²) in [5, 5.41) is 0. The van der Waals surface area contributed by atoms with Gasteiger partial charge in [-0.1, -0.05) is 0 Å². The lowest BCUT2D eigenvalue weighted by Crippen LogP contribution is -2.52. The fourth-order valence-corrected chi connectivity index (χ4v) is 2.06. The minimum absolute atomic E-state index is 0.335. The zero-order chi connectivity index (χ0) is 11.5. The summed E-state index contributed by atoms with van der Waals surface area (Å²) in [6.07, 6.45) is 3.41. The summed E-state index contributed by atoms with van der Waals surface area (Å²) in [6.45, 7) is 1.57. The van der Waals surface area contributed by atoms with Crippen molar-refractivity contribution >= 4 is 27.5 Å². The summed E-state index contributed by atoms with van der Waals surface area (Å²) < 4.78 is 6.13. The van der Waals surface area contributed by atoms with Crippen LogP contribution in [0.15, 0.2) is 22.9 Å². The van der Waals surface area contributed by atoms with Gasteiger partial charge in [0.15, 0.2) is 0 Å². The maximum atomic E-state index is 11.3. The summed E-state index contributed by atoms with van der Waals surface area (Å²) in [7, 11) is 0. The lowest BCUT2D eigenvalue weighted by Gasteiger charge is -2.35. The molecular formula is C10H12BrN3O2. The van der Waals surface area contributed by atoms with Gasteiger partial charge < -0.3 is 15.4 Å². The number of hydrogen-bond donors (Lipinski definition) is 1. The Bertz CT molecular complexity index is 399. The van der Waals surface area contributed by atoms with Gasteiger partial charge in [-0.2, -0.15) is 0 Å². The lowest BCUT2D eigenvalue weighted by atomic mass is 10.2. The van der Waals surface area contributed by atoms with Gasteiger partial charge in [0, 0.05) is 17.2 Å². The Hall–Kier alpha value is -1.14. The number of ether oxygens (including phenoxy) is 1. The number of pyridine rings is 1. The van der Waals surface area contributed by atoms with E-state index in [4.69, 9.17) is 10.5 Å². The second-order valence-corrected chi connectivity index (χ2v) is 4.46. The van der Waals surface area contributed by atoms with Crippen molar-refractivity contribution in [2.75, 3.05) is 24.7 Å². The van der Waals surface area contributed by atoms with Crippen LogP contribution >= 0.6 is 15.9 Å². The number of anilines is 1. The summed E-state index contributed by atoms with van der Waals surface area (Å²) in [6, 6.07) is 1.50. The number of hydrogen-bond acceptors (Lipinski definition) is 4. The SMILES string of the molecule is NC(=O)C1COCCN1c1cncc(Br)c1. The molecule has 1 aromatic heterocycles. The molecule has 6 heteroatoms. The van der Waals surface area contributed by atoms with Gasteiger partial charge in [-0.25, -0.2) is 0 Å². The zero-order valence-corrected chi connectivity index (χ0v) is 10.2. The van der Waals surface area contributed by atoms with Crippen LogP contribution in [-0.4, -0.2) is 36.7 Å². The van der Waals surface area contributed by atoms with E-state index in [2.05, 4.69) is 20.9 Å². The highest BCUT2D eigenvalue weighted by atomic mass is 79.9. The summed E-state index contributed by atoms with van der Waals surface area (Å²) >= 11 is 3.35. The summed E-state index contributed by atoms with van der Waals surface area (Å²) in [5.41, 5.74) is 6.22. The van der Waals surface area contributed by atoms with E-state index < -0.39 is 6.04 Å². The topological polar surface area (TPSA) is 68.5 Å². The molecule has 86 valence electrons.